The monoisotopic (exact) mass is 392 g/mol. The number of benzene rings is 1. The first-order valence-electron chi connectivity index (χ1n) is 9.41. The third-order valence-electron chi connectivity index (χ3n) is 5.54. The molecule has 3 amide bonds. The lowest BCUT2D eigenvalue weighted by molar-refractivity contribution is -0.136. The maximum atomic E-state index is 13.3. The molecule has 0 radical (unpaired) electrons. The highest BCUT2D eigenvalue weighted by molar-refractivity contribution is 6.05. The lowest BCUT2D eigenvalue weighted by atomic mass is 10.0. The number of piperidine rings is 1. The van der Waals surface area contributed by atoms with E-state index in [1.54, 1.807) is 0 Å². The number of carbonyl (C=O) groups is 3. The Hall–Kier alpha value is -2.39. The van der Waals surface area contributed by atoms with Crippen LogP contribution in [0.3, 0.4) is 0 Å². The number of imide groups is 1. The Kier molecular flexibility index (Phi) is 4.88. The van der Waals surface area contributed by atoms with Crippen LogP contribution in [-0.4, -0.2) is 53.7 Å². The van der Waals surface area contributed by atoms with Crippen molar-refractivity contribution in [3.8, 4) is 0 Å². The fourth-order valence-corrected chi connectivity index (χ4v) is 4.16. The molecule has 3 N–H and O–H groups in total. The average Bonchev–Trinajstić information content (AvgIpc) is 3.15. The summed E-state index contributed by atoms with van der Waals surface area (Å²) in [6.07, 6.45) is 0.332. The number of rotatable bonds is 5. The fraction of sp³-hybridized carbons (Fsp3) is 0.526. The molecule has 2 saturated heterocycles. The van der Waals surface area contributed by atoms with E-state index in [-0.39, 0.29) is 37.2 Å². The summed E-state index contributed by atoms with van der Waals surface area (Å²) in [5.74, 6) is -3.65. The Morgan fingerprint density at radius 2 is 2.07 bits per heavy atom. The van der Waals surface area contributed by atoms with E-state index in [0.717, 1.165) is 11.1 Å². The normalized spacial score (nSPS) is 26.5. The van der Waals surface area contributed by atoms with Crippen molar-refractivity contribution >= 4 is 17.7 Å². The Bertz CT molecular complexity index is 829. The second-order valence-corrected chi connectivity index (χ2v) is 7.62. The van der Waals surface area contributed by atoms with Crippen LogP contribution in [0.4, 0.5) is 8.78 Å². The van der Waals surface area contributed by atoms with Crippen LogP contribution in [0, 0.1) is 0 Å². The molecule has 9 heteroatoms. The minimum Gasteiger partial charge on any atom is -0.322 e. The van der Waals surface area contributed by atoms with Gasteiger partial charge in [-0.15, -0.1) is 0 Å². The number of halogens is 2. The molecule has 150 valence electrons. The van der Waals surface area contributed by atoms with Crippen molar-refractivity contribution in [2.45, 2.75) is 50.4 Å². The topological polar surface area (TPSA) is 90.5 Å². The summed E-state index contributed by atoms with van der Waals surface area (Å²) < 4.78 is 26.5. The minimum atomic E-state index is -2.67. The third kappa shape index (κ3) is 3.64. The fourth-order valence-electron chi connectivity index (χ4n) is 4.16. The van der Waals surface area contributed by atoms with Crippen LogP contribution in [0.15, 0.2) is 18.2 Å². The van der Waals surface area contributed by atoms with Crippen molar-refractivity contribution in [1.29, 1.82) is 0 Å². The summed E-state index contributed by atoms with van der Waals surface area (Å²) in [5.41, 5.74) is 2.17. The smallest absolute Gasteiger partial charge is 0.261 e. The van der Waals surface area contributed by atoms with Crippen LogP contribution in [0.1, 0.15) is 40.7 Å². The van der Waals surface area contributed by atoms with Gasteiger partial charge in [0.1, 0.15) is 6.04 Å². The molecule has 3 aliphatic rings. The van der Waals surface area contributed by atoms with E-state index in [9.17, 15) is 23.2 Å². The summed E-state index contributed by atoms with van der Waals surface area (Å²) in [5, 5.41) is 8.23. The van der Waals surface area contributed by atoms with Gasteiger partial charge in [0.25, 0.3) is 11.8 Å². The second-order valence-electron chi connectivity index (χ2n) is 7.62. The van der Waals surface area contributed by atoms with Gasteiger partial charge in [0.05, 0.1) is 6.54 Å². The molecular weight excluding hydrogens is 370 g/mol. The molecule has 28 heavy (non-hydrogen) atoms. The summed E-state index contributed by atoms with van der Waals surface area (Å²) >= 11 is 0. The van der Waals surface area contributed by atoms with Gasteiger partial charge >= 0.3 is 0 Å². The molecule has 0 aromatic heterocycles. The highest BCUT2D eigenvalue weighted by atomic mass is 19.3. The first-order valence-corrected chi connectivity index (χ1v) is 9.41. The molecule has 0 saturated carbocycles. The van der Waals surface area contributed by atoms with Crippen LogP contribution >= 0.6 is 0 Å². The van der Waals surface area contributed by atoms with Gasteiger partial charge in [-0.2, -0.15) is 0 Å². The molecule has 1 unspecified atom stereocenters. The number of carbonyl (C=O) groups excluding carboxylic acids is 3. The molecule has 1 aromatic rings. The van der Waals surface area contributed by atoms with E-state index in [1.807, 2.05) is 18.2 Å². The molecule has 0 spiro atoms. The number of alkyl halides is 2. The zero-order chi connectivity index (χ0) is 19.9. The van der Waals surface area contributed by atoms with Crippen molar-refractivity contribution < 1.29 is 23.2 Å². The van der Waals surface area contributed by atoms with Crippen molar-refractivity contribution in [2.75, 3.05) is 13.1 Å². The number of hydrogen-bond donors (Lipinski definition) is 3. The van der Waals surface area contributed by atoms with Crippen LogP contribution in [0.5, 0.6) is 0 Å². The van der Waals surface area contributed by atoms with Gasteiger partial charge in [0.15, 0.2) is 0 Å². The molecule has 0 aliphatic carbocycles. The van der Waals surface area contributed by atoms with Crippen LogP contribution in [0.25, 0.3) is 0 Å². The summed E-state index contributed by atoms with van der Waals surface area (Å²) in [6.45, 7) is 0.774. The zero-order valence-corrected chi connectivity index (χ0v) is 15.3. The van der Waals surface area contributed by atoms with Crippen molar-refractivity contribution in [2.24, 2.45) is 0 Å². The van der Waals surface area contributed by atoms with E-state index < -0.39 is 17.9 Å². The van der Waals surface area contributed by atoms with Crippen molar-refractivity contribution in [1.82, 2.24) is 20.9 Å². The zero-order valence-electron chi connectivity index (χ0n) is 15.3. The Morgan fingerprint density at radius 1 is 1.25 bits per heavy atom. The predicted molar refractivity (Wildman–Crippen MR) is 95.5 cm³/mol. The maximum absolute atomic E-state index is 13.3. The molecule has 4 rings (SSSR count). The van der Waals surface area contributed by atoms with Gasteiger partial charge < -0.3 is 15.5 Å². The maximum Gasteiger partial charge on any atom is 0.261 e. The molecule has 1 aromatic carbocycles. The summed E-state index contributed by atoms with van der Waals surface area (Å²) in [7, 11) is 0. The SMILES string of the molecule is O=C1CCC(N2Cc3cccc(CNC[C@@H]4CC(F)(F)CN4)c3C2=O)C(=O)N1. The van der Waals surface area contributed by atoms with E-state index in [2.05, 4.69) is 16.0 Å². The Morgan fingerprint density at radius 3 is 2.79 bits per heavy atom. The number of hydrogen-bond acceptors (Lipinski definition) is 5. The summed E-state index contributed by atoms with van der Waals surface area (Å²) in [6, 6.07) is 4.57. The molecule has 0 bridgehead atoms. The van der Waals surface area contributed by atoms with Gasteiger partial charge in [-0.1, -0.05) is 18.2 Å². The first kappa shape index (κ1) is 18.9. The Balaban J connectivity index is 1.42. The van der Waals surface area contributed by atoms with Gasteiger partial charge in [-0.25, -0.2) is 8.78 Å². The Labute approximate surface area is 160 Å². The lowest BCUT2D eigenvalue weighted by Gasteiger charge is -2.29. The van der Waals surface area contributed by atoms with Crippen LogP contribution < -0.4 is 16.0 Å². The average molecular weight is 392 g/mol. The van der Waals surface area contributed by atoms with Crippen LogP contribution in [0.2, 0.25) is 0 Å². The number of nitrogens with zero attached hydrogens (tertiary/aromatic N) is 1. The van der Waals surface area contributed by atoms with Gasteiger partial charge in [0.2, 0.25) is 11.8 Å². The molecule has 2 fully saturated rings. The van der Waals surface area contributed by atoms with Crippen molar-refractivity contribution in [3.63, 3.8) is 0 Å². The van der Waals surface area contributed by atoms with E-state index >= 15 is 0 Å². The second kappa shape index (κ2) is 7.21. The number of fused-ring (bicyclic) bond motifs is 1. The molecule has 2 atom stereocenters. The van der Waals surface area contributed by atoms with E-state index in [4.69, 9.17) is 0 Å². The summed E-state index contributed by atoms with van der Waals surface area (Å²) in [4.78, 5) is 38.0. The van der Waals surface area contributed by atoms with Crippen LogP contribution in [-0.2, 0) is 22.7 Å². The molecular formula is C19H22F2N4O3. The third-order valence-corrected chi connectivity index (χ3v) is 5.54. The quantitative estimate of drug-likeness (QED) is 0.637. The van der Waals surface area contributed by atoms with E-state index in [1.165, 1.54) is 4.90 Å². The van der Waals surface area contributed by atoms with Gasteiger partial charge in [0, 0.05) is 44.1 Å². The number of nitrogens with one attached hydrogen (secondary N) is 3. The minimum absolute atomic E-state index is 0.199. The van der Waals surface area contributed by atoms with E-state index in [0.29, 0.717) is 31.6 Å². The molecule has 3 aliphatic heterocycles. The van der Waals surface area contributed by atoms with Crippen molar-refractivity contribution in [3.05, 3.63) is 34.9 Å². The number of amides is 3. The highest BCUT2D eigenvalue weighted by Gasteiger charge is 2.40. The van der Waals surface area contributed by atoms with Gasteiger partial charge in [-0.3, -0.25) is 19.7 Å². The highest BCUT2D eigenvalue weighted by Crippen LogP contribution is 2.30. The molecule has 7 nitrogen and oxygen atoms in total. The standard InChI is InChI=1S/C19H22F2N4O3/c20-19(21)6-13(23-10-19)8-22-7-11-2-1-3-12-9-25(18(28)16(11)12)14-4-5-15(26)24-17(14)27/h1-3,13-14,22-23H,4-10H2,(H,24,26,27)/t13-,14?/m0/s1. The molecule has 3 heterocycles. The first-order chi connectivity index (χ1) is 13.3. The largest absolute Gasteiger partial charge is 0.322 e. The van der Waals surface area contributed by atoms with Gasteiger partial charge in [-0.05, 0) is 17.5 Å². The predicted octanol–water partition coefficient (Wildman–Crippen LogP) is 0.534. The lowest BCUT2D eigenvalue weighted by Crippen LogP contribution is -2.52.